The number of amides is 2. The average molecular weight is 428 g/mol. The van der Waals surface area contributed by atoms with E-state index in [9.17, 15) is 14.4 Å². The zero-order chi connectivity index (χ0) is 18.4. The van der Waals surface area contributed by atoms with Gasteiger partial charge in [-0.15, -0.1) is 0 Å². The van der Waals surface area contributed by atoms with E-state index in [2.05, 4.69) is 15.9 Å². The van der Waals surface area contributed by atoms with Crippen molar-refractivity contribution >= 4 is 50.9 Å². The summed E-state index contributed by atoms with van der Waals surface area (Å²) >= 11 is 4.18. The lowest BCUT2D eigenvalue weighted by Crippen LogP contribution is -2.34. The quantitative estimate of drug-likeness (QED) is 0.486. The van der Waals surface area contributed by atoms with Gasteiger partial charge in [-0.1, -0.05) is 22.9 Å². The molecule has 1 aliphatic rings. The number of hydrogen-bond acceptors (Lipinski definition) is 6. The van der Waals surface area contributed by atoms with E-state index < -0.39 is 17.1 Å². The number of halogens is 1. The molecule has 1 aromatic carbocycles. The summed E-state index contributed by atoms with van der Waals surface area (Å²) in [7, 11) is 0. The standard InChI is InChI=1S/C17H18BrNO5S/c1-3-7-24-13-6-5-12(18)8-11(13)9-14-16(21)19(17(22)25-14)10-15(20)23-4-2/h5-6,8-9H,3-4,7,10H2,1-2H3/b14-9+. The number of imide groups is 1. The first-order valence-corrected chi connectivity index (χ1v) is 9.40. The Morgan fingerprint density at radius 1 is 1.32 bits per heavy atom. The number of esters is 1. The lowest BCUT2D eigenvalue weighted by atomic mass is 10.2. The van der Waals surface area contributed by atoms with Crippen molar-refractivity contribution in [1.82, 2.24) is 4.90 Å². The summed E-state index contributed by atoms with van der Waals surface area (Å²) in [6.07, 6.45) is 2.46. The van der Waals surface area contributed by atoms with Crippen molar-refractivity contribution in [3.8, 4) is 5.75 Å². The Balaban J connectivity index is 2.24. The third-order valence-electron chi connectivity index (χ3n) is 3.19. The maximum atomic E-state index is 12.4. The molecule has 2 amide bonds. The number of carbonyl (C=O) groups excluding carboxylic acids is 3. The van der Waals surface area contributed by atoms with Crippen LogP contribution in [0, 0.1) is 0 Å². The minimum absolute atomic E-state index is 0.195. The van der Waals surface area contributed by atoms with Gasteiger partial charge < -0.3 is 9.47 Å². The van der Waals surface area contributed by atoms with E-state index in [1.165, 1.54) is 0 Å². The fourth-order valence-electron chi connectivity index (χ4n) is 2.09. The molecule has 2 rings (SSSR count). The maximum absolute atomic E-state index is 12.4. The number of carbonyl (C=O) groups is 3. The van der Waals surface area contributed by atoms with Crippen LogP contribution in [0.3, 0.4) is 0 Å². The molecule has 0 radical (unpaired) electrons. The zero-order valence-corrected chi connectivity index (χ0v) is 16.3. The van der Waals surface area contributed by atoms with Crippen molar-refractivity contribution in [1.29, 1.82) is 0 Å². The van der Waals surface area contributed by atoms with Gasteiger partial charge in [-0.25, -0.2) is 0 Å². The molecule has 1 saturated heterocycles. The monoisotopic (exact) mass is 427 g/mol. The number of thioether (sulfide) groups is 1. The minimum Gasteiger partial charge on any atom is -0.493 e. The summed E-state index contributed by atoms with van der Waals surface area (Å²) in [5, 5.41) is -0.490. The van der Waals surface area contributed by atoms with Gasteiger partial charge in [0.2, 0.25) is 0 Å². The normalized spacial score (nSPS) is 15.8. The van der Waals surface area contributed by atoms with Crippen LogP contribution in [0.1, 0.15) is 25.8 Å². The van der Waals surface area contributed by atoms with Crippen LogP contribution in [0.15, 0.2) is 27.6 Å². The predicted octanol–water partition coefficient (Wildman–Crippen LogP) is 3.84. The van der Waals surface area contributed by atoms with Crippen LogP contribution in [0.4, 0.5) is 4.79 Å². The first kappa shape index (κ1) is 19.5. The van der Waals surface area contributed by atoms with Crippen LogP contribution in [-0.4, -0.2) is 41.8 Å². The minimum atomic E-state index is -0.611. The molecule has 6 nitrogen and oxygen atoms in total. The number of rotatable bonds is 7. The summed E-state index contributed by atoms with van der Waals surface area (Å²) in [4.78, 5) is 37.1. The Labute approximate surface area is 158 Å². The van der Waals surface area contributed by atoms with Gasteiger partial charge in [-0.3, -0.25) is 19.3 Å². The highest BCUT2D eigenvalue weighted by Gasteiger charge is 2.36. The Morgan fingerprint density at radius 2 is 2.08 bits per heavy atom. The van der Waals surface area contributed by atoms with Crippen LogP contribution >= 0.6 is 27.7 Å². The van der Waals surface area contributed by atoms with E-state index in [0.717, 1.165) is 27.6 Å². The first-order chi connectivity index (χ1) is 12.0. The highest BCUT2D eigenvalue weighted by molar-refractivity contribution is 9.10. The van der Waals surface area contributed by atoms with E-state index in [1.807, 2.05) is 19.1 Å². The van der Waals surface area contributed by atoms with Gasteiger partial charge in [-0.05, 0) is 49.4 Å². The predicted molar refractivity (Wildman–Crippen MR) is 99.2 cm³/mol. The van der Waals surface area contributed by atoms with Gasteiger partial charge in [0, 0.05) is 10.0 Å². The SMILES string of the molecule is CCCOc1ccc(Br)cc1/C=C1/SC(=O)N(CC(=O)OCC)C1=O. The lowest BCUT2D eigenvalue weighted by molar-refractivity contribution is -0.145. The van der Waals surface area contributed by atoms with Crippen molar-refractivity contribution in [3.05, 3.63) is 33.1 Å². The van der Waals surface area contributed by atoms with E-state index in [4.69, 9.17) is 9.47 Å². The second kappa shape index (κ2) is 9.05. The third kappa shape index (κ3) is 5.09. The summed E-state index contributed by atoms with van der Waals surface area (Å²) < 4.78 is 11.3. The van der Waals surface area contributed by atoms with Crippen molar-refractivity contribution < 1.29 is 23.9 Å². The van der Waals surface area contributed by atoms with Gasteiger partial charge >= 0.3 is 5.97 Å². The molecule has 0 N–H and O–H groups in total. The summed E-state index contributed by atoms with van der Waals surface area (Å²) in [6, 6.07) is 5.45. The van der Waals surface area contributed by atoms with Gasteiger partial charge in [0.1, 0.15) is 12.3 Å². The number of ether oxygens (including phenoxy) is 2. The molecule has 1 fully saturated rings. The molecule has 0 aliphatic carbocycles. The molecule has 134 valence electrons. The fraction of sp³-hybridized carbons (Fsp3) is 0.353. The second-order valence-electron chi connectivity index (χ2n) is 5.10. The smallest absolute Gasteiger partial charge is 0.326 e. The van der Waals surface area contributed by atoms with Crippen molar-refractivity contribution in [3.63, 3.8) is 0 Å². The number of benzene rings is 1. The van der Waals surface area contributed by atoms with Crippen LogP contribution in [0.5, 0.6) is 5.75 Å². The van der Waals surface area contributed by atoms with Gasteiger partial charge in [0.05, 0.1) is 18.1 Å². The van der Waals surface area contributed by atoms with Gasteiger partial charge in [-0.2, -0.15) is 0 Å². The van der Waals surface area contributed by atoms with Crippen molar-refractivity contribution in [2.45, 2.75) is 20.3 Å². The third-order valence-corrected chi connectivity index (χ3v) is 4.59. The molecule has 1 heterocycles. The highest BCUT2D eigenvalue weighted by atomic mass is 79.9. The highest BCUT2D eigenvalue weighted by Crippen LogP contribution is 2.34. The van der Waals surface area contributed by atoms with Gasteiger partial charge in [0.25, 0.3) is 11.1 Å². The van der Waals surface area contributed by atoms with E-state index in [-0.39, 0.29) is 18.1 Å². The topological polar surface area (TPSA) is 72.9 Å². The van der Waals surface area contributed by atoms with Crippen LogP contribution in [0.2, 0.25) is 0 Å². The number of hydrogen-bond donors (Lipinski definition) is 0. The zero-order valence-electron chi connectivity index (χ0n) is 13.9. The maximum Gasteiger partial charge on any atom is 0.326 e. The molecule has 25 heavy (non-hydrogen) atoms. The summed E-state index contributed by atoms with van der Waals surface area (Å²) in [6.45, 7) is 4.03. The molecular formula is C17H18BrNO5S. The molecule has 1 aliphatic heterocycles. The van der Waals surface area contributed by atoms with Crippen LogP contribution in [0.25, 0.3) is 6.08 Å². The first-order valence-electron chi connectivity index (χ1n) is 7.79. The Kier molecular flexibility index (Phi) is 7.07. The van der Waals surface area contributed by atoms with Crippen LogP contribution in [-0.2, 0) is 14.3 Å². The Bertz CT molecular complexity index is 719. The fourth-order valence-corrected chi connectivity index (χ4v) is 3.30. The van der Waals surface area contributed by atoms with Crippen molar-refractivity contribution in [2.75, 3.05) is 19.8 Å². The summed E-state index contributed by atoms with van der Waals surface area (Å²) in [5.74, 6) is -0.493. The van der Waals surface area contributed by atoms with Crippen molar-refractivity contribution in [2.24, 2.45) is 0 Å². The Hall–Kier alpha value is -1.80. The summed E-state index contributed by atoms with van der Waals surface area (Å²) in [5.41, 5.74) is 0.685. The molecule has 0 bridgehead atoms. The molecule has 1 aromatic rings. The molecule has 0 unspecified atom stereocenters. The molecule has 0 atom stereocenters. The second-order valence-corrected chi connectivity index (χ2v) is 7.01. The molecule has 8 heteroatoms. The molecule has 0 spiro atoms. The van der Waals surface area contributed by atoms with E-state index in [0.29, 0.717) is 17.9 Å². The Morgan fingerprint density at radius 3 is 2.76 bits per heavy atom. The molecule has 0 aromatic heterocycles. The molecular weight excluding hydrogens is 410 g/mol. The average Bonchev–Trinajstić information content (AvgIpc) is 2.82. The lowest BCUT2D eigenvalue weighted by Gasteiger charge is -2.11. The van der Waals surface area contributed by atoms with E-state index >= 15 is 0 Å². The van der Waals surface area contributed by atoms with Gasteiger partial charge in [0.15, 0.2) is 0 Å². The van der Waals surface area contributed by atoms with E-state index in [1.54, 1.807) is 19.1 Å². The largest absolute Gasteiger partial charge is 0.493 e. The number of nitrogens with zero attached hydrogens (tertiary/aromatic N) is 1. The molecule has 0 saturated carbocycles. The van der Waals surface area contributed by atoms with Crippen LogP contribution < -0.4 is 4.74 Å².